The summed E-state index contributed by atoms with van der Waals surface area (Å²) >= 11 is 0. The highest BCUT2D eigenvalue weighted by Gasteiger charge is 2.58. The maximum absolute atomic E-state index is 11.7. The average molecular weight is 318 g/mol. The van der Waals surface area contributed by atoms with E-state index in [2.05, 4.69) is 26.8 Å². The van der Waals surface area contributed by atoms with Crippen LogP contribution in [0.4, 0.5) is 0 Å². The Morgan fingerprint density at radius 2 is 2.04 bits per heavy atom. The third kappa shape index (κ3) is 3.08. The van der Waals surface area contributed by atoms with Crippen molar-refractivity contribution in [3.63, 3.8) is 0 Å². The molecule has 0 aromatic heterocycles. The smallest absolute Gasteiger partial charge is 0.146 e. The van der Waals surface area contributed by atoms with E-state index in [1.807, 2.05) is 13.0 Å². The van der Waals surface area contributed by atoms with Gasteiger partial charge in [0, 0.05) is 5.41 Å². The number of fused-ring (bicyclic) bond motifs is 1. The number of carbonyl (C=O) groups is 2. The van der Waals surface area contributed by atoms with Crippen molar-refractivity contribution in [3.8, 4) is 0 Å². The largest absolute Gasteiger partial charge is 0.393 e. The van der Waals surface area contributed by atoms with Crippen LogP contribution in [0.15, 0.2) is 23.3 Å². The van der Waals surface area contributed by atoms with Crippen molar-refractivity contribution in [2.45, 2.75) is 65.9 Å². The molecule has 0 bridgehead atoms. The van der Waals surface area contributed by atoms with Gasteiger partial charge < -0.3 is 9.90 Å². The van der Waals surface area contributed by atoms with E-state index < -0.39 is 17.4 Å². The Balaban J connectivity index is 2.37. The van der Waals surface area contributed by atoms with E-state index in [0.717, 1.165) is 38.3 Å². The molecule has 0 heterocycles. The van der Waals surface area contributed by atoms with Crippen molar-refractivity contribution in [1.29, 1.82) is 0 Å². The molecule has 1 unspecified atom stereocenters. The Hall–Kier alpha value is -1.22. The Kier molecular flexibility index (Phi) is 5.30. The molecule has 0 saturated heterocycles. The second-order valence-corrected chi connectivity index (χ2v) is 8.12. The van der Waals surface area contributed by atoms with Crippen molar-refractivity contribution < 1.29 is 14.7 Å². The van der Waals surface area contributed by atoms with Crippen LogP contribution in [0.25, 0.3) is 0 Å². The van der Waals surface area contributed by atoms with Crippen LogP contribution in [0.3, 0.4) is 0 Å². The first-order valence-corrected chi connectivity index (χ1v) is 8.71. The van der Waals surface area contributed by atoms with Gasteiger partial charge in [0.2, 0.25) is 0 Å². The van der Waals surface area contributed by atoms with Crippen molar-refractivity contribution in [2.24, 2.45) is 22.7 Å². The lowest BCUT2D eigenvalue weighted by atomic mass is 9.46. The second-order valence-electron chi connectivity index (χ2n) is 8.12. The standard InChI is InChI=1S/C20H30O3/c1-14(2)6-5-10-19(3)11-9-18(23)20(4)16(13-22)15(12-21)7-8-17(19)20/h6-7,12-13,16-18,23H,5,8-11H2,1-4H3/t16-,17?,18+,19+,20+/m0/s1. The van der Waals surface area contributed by atoms with Gasteiger partial charge >= 0.3 is 0 Å². The molecule has 3 heteroatoms. The number of aldehydes is 2. The minimum atomic E-state index is -0.537. The number of hydrogen-bond acceptors (Lipinski definition) is 3. The predicted octanol–water partition coefficient (Wildman–Crippen LogP) is 3.86. The van der Waals surface area contributed by atoms with Crippen molar-refractivity contribution >= 4 is 12.6 Å². The van der Waals surface area contributed by atoms with Crippen LogP contribution in [-0.4, -0.2) is 23.8 Å². The Morgan fingerprint density at radius 1 is 1.35 bits per heavy atom. The number of rotatable bonds is 5. The molecule has 0 aromatic carbocycles. The molecule has 2 aliphatic rings. The van der Waals surface area contributed by atoms with E-state index in [1.54, 1.807) is 0 Å². The third-order valence-electron chi connectivity index (χ3n) is 6.46. The molecule has 2 aliphatic carbocycles. The molecular weight excluding hydrogens is 288 g/mol. The van der Waals surface area contributed by atoms with Crippen LogP contribution in [0.2, 0.25) is 0 Å². The summed E-state index contributed by atoms with van der Waals surface area (Å²) in [6.45, 7) is 8.52. The number of allylic oxidation sites excluding steroid dienone is 4. The molecule has 0 aliphatic heterocycles. The highest BCUT2D eigenvalue weighted by Crippen LogP contribution is 2.60. The molecule has 0 amide bonds. The first-order valence-electron chi connectivity index (χ1n) is 8.71. The Morgan fingerprint density at radius 3 is 2.61 bits per heavy atom. The molecule has 1 N–H and O–H groups in total. The third-order valence-corrected chi connectivity index (χ3v) is 6.46. The lowest BCUT2D eigenvalue weighted by Gasteiger charge is -2.58. The van der Waals surface area contributed by atoms with E-state index >= 15 is 0 Å². The van der Waals surface area contributed by atoms with Crippen LogP contribution in [-0.2, 0) is 9.59 Å². The summed E-state index contributed by atoms with van der Waals surface area (Å²) < 4.78 is 0. The molecule has 0 radical (unpaired) electrons. The average Bonchev–Trinajstić information content (AvgIpc) is 2.50. The molecular formula is C20H30O3. The van der Waals surface area contributed by atoms with Gasteiger partial charge in [0.05, 0.1) is 12.0 Å². The van der Waals surface area contributed by atoms with E-state index in [9.17, 15) is 14.7 Å². The van der Waals surface area contributed by atoms with Gasteiger partial charge in [-0.1, -0.05) is 31.6 Å². The summed E-state index contributed by atoms with van der Waals surface area (Å²) in [6, 6.07) is 0. The molecule has 3 nitrogen and oxygen atoms in total. The quantitative estimate of drug-likeness (QED) is 0.618. The first kappa shape index (κ1) is 18.1. The van der Waals surface area contributed by atoms with Gasteiger partial charge in [-0.3, -0.25) is 4.79 Å². The summed E-state index contributed by atoms with van der Waals surface area (Å²) in [5.41, 5.74) is 1.42. The lowest BCUT2D eigenvalue weighted by Crippen LogP contribution is -2.57. The van der Waals surface area contributed by atoms with Crippen molar-refractivity contribution in [2.75, 3.05) is 0 Å². The van der Waals surface area contributed by atoms with Gasteiger partial charge in [-0.25, -0.2) is 0 Å². The molecule has 1 saturated carbocycles. The number of carbonyl (C=O) groups excluding carboxylic acids is 2. The molecule has 23 heavy (non-hydrogen) atoms. The van der Waals surface area contributed by atoms with Gasteiger partial charge in [-0.2, -0.15) is 0 Å². The second kappa shape index (κ2) is 6.72. The molecule has 128 valence electrons. The Labute approximate surface area is 139 Å². The molecule has 2 rings (SSSR count). The summed E-state index contributed by atoms with van der Waals surface area (Å²) in [6.07, 6.45) is 9.87. The zero-order chi connectivity index (χ0) is 17.3. The summed E-state index contributed by atoms with van der Waals surface area (Å²) in [5.74, 6) is -0.264. The predicted molar refractivity (Wildman–Crippen MR) is 91.9 cm³/mol. The fourth-order valence-electron chi connectivity index (χ4n) is 4.97. The number of aliphatic hydroxyl groups is 1. The highest BCUT2D eigenvalue weighted by molar-refractivity contribution is 5.82. The van der Waals surface area contributed by atoms with Gasteiger partial charge in [0.25, 0.3) is 0 Å². The fraction of sp³-hybridized carbons (Fsp3) is 0.700. The van der Waals surface area contributed by atoms with E-state index in [1.165, 1.54) is 5.57 Å². The van der Waals surface area contributed by atoms with Crippen molar-refractivity contribution in [1.82, 2.24) is 0 Å². The van der Waals surface area contributed by atoms with Gasteiger partial charge in [-0.15, -0.1) is 0 Å². The normalized spacial score (nSPS) is 39.9. The fourth-order valence-corrected chi connectivity index (χ4v) is 4.97. The van der Waals surface area contributed by atoms with Crippen molar-refractivity contribution in [3.05, 3.63) is 23.3 Å². The maximum atomic E-state index is 11.7. The van der Waals surface area contributed by atoms with Crippen LogP contribution in [0.5, 0.6) is 0 Å². The Bertz CT molecular complexity index is 529. The SMILES string of the molecule is CC(C)=CCC[C@]1(C)CC[C@@H](O)[C@@]2(C)C1CC=C(C=O)[C@@H]2C=O. The van der Waals surface area contributed by atoms with E-state index in [-0.39, 0.29) is 11.3 Å². The highest BCUT2D eigenvalue weighted by atomic mass is 16.3. The van der Waals surface area contributed by atoms with Crippen LogP contribution < -0.4 is 0 Å². The number of aliphatic hydroxyl groups excluding tert-OH is 1. The molecule has 1 fully saturated rings. The summed E-state index contributed by atoms with van der Waals surface area (Å²) in [5, 5.41) is 10.7. The lowest BCUT2D eigenvalue weighted by molar-refractivity contribution is -0.147. The van der Waals surface area contributed by atoms with E-state index in [4.69, 9.17) is 0 Å². The molecule has 5 atom stereocenters. The monoisotopic (exact) mass is 318 g/mol. The van der Waals surface area contributed by atoms with Gasteiger partial charge in [-0.05, 0) is 62.9 Å². The van der Waals surface area contributed by atoms with Crippen LogP contribution in [0, 0.1) is 22.7 Å². The zero-order valence-electron chi connectivity index (χ0n) is 14.8. The van der Waals surface area contributed by atoms with Gasteiger partial charge in [0.1, 0.15) is 12.6 Å². The minimum absolute atomic E-state index is 0.0894. The van der Waals surface area contributed by atoms with Gasteiger partial charge in [0.15, 0.2) is 0 Å². The maximum Gasteiger partial charge on any atom is 0.146 e. The minimum Gasteiger partial charge on any atom is -0.393 e. The summed E-state index contributed by atoms with van der Waals surface area (Å²) in [7, 11) is 0. The first-order chi connectivity index (χ1) is 10.8. The zero-order valence-corrected chi connectivity index (χ0v) is 14.8. The number of hydrogen-bond donors (Lipinski definition) is 1. The molecule has 0 spiro atoms. The topological polar surface area (TPSA) is 54.4 Å². The molecule has 0 aromatic rings. The summed E-state index contributed by atoms with van der Waals surface area (Å²) in [4.78, 5) is 23.1. The van der Waals surface area contributed by atoms with Crippen LogP contribution in [0.1, 0.15) is 59.8 Å². The van der Waals surface area contributed by atoms with E-state index in [0.29, 0.717) is 12.0 Å². The van der Waals surface area contributed by atoms with Crippen LogP contribution >= 0.6 is 0 Å².